The van der Waals surface area contributed by atoms with Gasteiger partial charge in [-0.3, -0.25) is 4.98 Å². The van der Waals surface area contributed by atoms with E-state index in [0.717, 1.165) is 22.2 Å². The van der Waals surface area contributed by atoms with Gasteiger partial charge in [0.25, 0.3) is 0 Å². The third-order valence-electron chi connectivity index (χ3n) is 3.31. The van der Waals surface area contributed by atoms with Gasteiger partial charge in [0, 0.05) is 0 Å². The lowest BCUT2D eigenvalue weighted by molar-refractivity contribution is 0.0465. The molecule has 1 aromatic heterocycles. The molecule has 0 spiro atoms. The van der Waals surface area contributed by atoms with E-state index in [9.17, 15) is 4.79 Å². The summed E-state index contributed by atoms with van der Waals surface area (Å²) in [6.45, 7) is 4.27. The molecule has 0 saturated carbocycles. The van der Waals surface area contributed by atoms with Crippen molar-refractivity contribution in [1.82, 2.24) is 9.97 Å². The molecule has 0 aliphatic carbocycles. The van der Waals surface area contributed by atoms with E-state index in [2.05, 4.69) is 16.0 Å². The zero-order valence-corrected chi connectivity index (χ0v) is 12.5. The zero-order chi connectivity index (χ0) is 15.5. The van der Waals surface area contributed by atoms with Crippen LogP contribution in [0.1, 0.15) is 27.2 Å². The number of carbonyl (C=O) groups is 1. The van der Waals surface area contributed by atoms with Gasteiger partial charge in [-0.15, -0.1) is 0 Å². The molecule has 22 heavy (non-hydrogen) atoms. The molecule has 0 fully saturated rings. The molecule has 0 unspecified atom stereocenters. The lowest BCUT2D eigenvalue weighted by atomic mass is 10.1. The SMILES string of the molecule is Cc1cc(C)cc(COC(=O)c2cnc3ccccc3n2)c1. The number of fused-ring (bicyclic) bond motifs is 1. The lowest BCUT2D eigenvalue weighted by Crippen LogP contribution is -2.08. The highest BCUT2D eigenvalue weighted by molar-refractivity contribution is 5.89. The minimum Gasteiger partial charge on any atom is -0.456 e. The summed E-state index contributed by atoms with van der Waals surface area (Å²) in [5.41, 5.74) is 4.94. The smallest absolute Gasteiger partial charge is 0.358 e. The predicted octanol–water partition coefficient (Wildman–Crippen LogP) is 3.60. The molecule has 4 nitrogen and oxygen atoms in total. The Morgan fingerprint density at radius 1 is 1.05 bits per heavy atom. The first-order valence-electron chi connectivity index (χ1n) is 7.08. The summed E-state index contributed by atoms with van der Waals surface area (Å²) in [7, 11) is 0. The predicted molar refractivity (Wildman–Crippen MR) is 84.6 cm³/mol. The molecule has 0 atom stereocenters. The van der Waals surface area contributed by atoms with Crippen molar-refractivity contribution >= 4 is 17.0 Å². The summed E-state index contributed by atoms with van der Waals surface area (Å²) in [5.74, 6) is -0.461. The molecule has 3 rings (SSSR count). The van der Waals surface area contributed by atoms with Gasteiger partial charge in [0.05, 0.1) is 17.2 Å². The van der Waals surface area contributed by atoms with Crippen LogP contribution in [-0.2, 0) is 11.3 Å². The van der Waals surface area contributed by atoms with Gasteiger partial charge >= 0.3 is 5.97 Å². The van der Waals surface area contributed by atoms with Crippen LogP contribution in [-0.4, -0.2) is 15.9 Å². The third kappa shape index (κ3) is 3.11. The number of nitrogens with zero attached hydrogens (tertiary/aromatic N) is 2. The maximum absolute atomic E-state index is 12.1. The van der Waals surface area contributed by atoms with Gasteiger partial charge in [-0.05, 0) is 31.5 Å². The molecule has 0 amide bonds. The lowest BCUT2D eigenvalue weighted by Gasteiger charge is -2.07. The van der Waals surface area contributed by atoms with Crippen molar-refractivity contribution in [3.63, 3.8) is 0 Å². The van der Waals surface area contributed by atoms with Crippen LogP contribution in [0.15, 0.2) is 48.7 Å². The van der Waals surface area contributed by atoms with Crippen LogP contribution >= 0.6 is 0 Å². The van der Waals surface area contributed by atoms with Gasteiger partial charge in [-0.2, -0.15) is 0 Å². The highest BCUT2D eigenvalue weighted by Gasteiger charge is 2.11. The van der Waals surface area contributed by atoms with E-state index in [0.29, 0.717) is 5.52 Å². The Labute approximate surface area is 128 Å². The second kappa shape index (κ2) is 5.93. The van der Waals surface area contributed by atoms with E-state index >= 15 is 0 Å². The van der Waals surface area contributed by atoms with Crippen LogP contribution in [0, 0.1) is 13.8 Å². The fourth-order valence-electron chi connectivity index (χ4n) is 2.43. The molecule has 0 radical (unpaired) electrons. The summed E-state index contributed by atoms with van der Waals surface area (Å²) in [5, 5.41) is 0. The number of aromatic nitrogens is 2. The number of hydrogen-bond acceptors (Lipinski definition) is 4. The van der Waals surface area contributed by atoms with Crippen LogP contribution in [0.3, 0.4) is 0 Å². The summed E-state index contributed by atoms with van der Waals surface area (Å²) >= 11 is 0. The molecule has 110 valence electrons. The maximum Gasteiger partial charge on any atom is 0.358 e. The van der Waals surface area contributed by atoms with Crippen molar-refractivity contribution in [3.8, 4) is 0 Å². The normalized spacial score (nSPS) is 10.6. The van der Waals surface area contributed by atoms with Crippen LogP contribution in [0.2, 0.25) is 0 Å². The monoisotopic (exact) mass is 292 g/mol. The highest BCUT2D eigenvalue weighted by atomic mass is 16.5. The average molecular weight is 292 g/mol. The molecule has 0 N–H and O–H groups in total. The molecule has 0 aliphatic rings. The Bertz CT molecular complexity index is 823. The standard InChI is InChI=1S/C18H16N2O2/c1-12-7-13(2)9-14(8-12)11-22-18(21)17-10-19-15-5-3-4-6-16(15)20-17/h3-10H,11H2,1-2H3. The van der Waals surface area contributed by atoms with Crippen LogP contribution in [0.25, 0.3) is 11.0 Å². The Kier molecular flexibility index (Phi) is 3.83. The Balaban J connectivity index is 1.75. The van der Waals surface area contributed by atoms with Crippen molar-refractivity contribution in [2.24, 2.45) is 0 Å². The minimum atomic E-state index is -0.461. The van der Waals surface area contributed by atoms with E-state index in [1.54, 1.807) is 0 Å². The summed E-state index contributed by atoms with van der Waals surface area (Å²) in [6.07, 6.45) is 1.45. The fourth-order valence-corrected chi connectivity index (χ4v) is 2.43. The number of hydrogen-bond donors (Lipinski definition) is 0. The van der Waals surface area contributed by atoms with Crippen molar-refractivity contribution in [2.45, 2.75) is 20.5 Å². The Morgan fingerprint density at radius 3 is 2.45 bits per heavy atom. The van der Waals surface area contributed by atoms with Crippen LogP contribution in [0.4, 0.5) is 0 Å². The molecule has 2 aromatic carbocycles. The second-order valence-electron chi connectivity index (χ2n) is 5.32. The highest BCUT2D eigenvalue weighted by Crippen LogP contribution is 2.12. The quantitative estimate of drug-likeness (QED) is 0.692. The van der Waals surface area contributed by atoms with E-state index in [1.165, 1.54) is 6.20 Å². The number of rotatable bonds is 3. The Morgan fingerprint density at radius 2 is 1.73 bits per heavy atom. The molecule has 1 heterocycles. The third-order valence-corrected chi connectivity index (χ3v) is 3.31. The molecule has 0 aliphatic heterocycles. The first kappa shape index (κ1) is 14.2. The van der Waals surface area contributed by atoms with E-state index < -0.39 is 5.97 Å². The molecular formula is C18H16N2O2. The van der Waals surface area contributed by atoms with Crippen LogP contribution < -0.4 is 0 Å². The van der Waals surface area contributed by atoms with Gasteiger partial charge in [-0.25, -0.2) is 9.78 Å². The maximum atomic E-state index is 12.1. The van der Waals surface area contributed by atoms with Gasteiger partial charge in [-0.1, -0.05) is 41.5 Å². The fraction of sp³-hybridized carbons (Fsp3) is 0.167. The molecule has 0 bridgehead atoms. The largest absolute Gasteiger partial charge is 0.456 e. The molecule has 4 heteroatoms. The van der Waals surface area contributed by atoms with E-state index in [4.69, 9.17) is 4.74 Å². The molecular weight excluding hydrogens is 276 g/mol. The van der Waals surface area contributed by atoms with Crippen LogP contribution in [0.5, 0.6) is 0 Å². The van der Waals surface area contributed by atoms with Crippen molar-refractivity contribution in [2.75, 3.05) is 0 Å². The summed E-state index contributed by atoms with van der Waals surface area (Å²) in [4.78, 5) is 20.6. The first-order chi connectivity index (χ1) is 10.6. The number of carbonyl (C=O) groups excluding carboxylic acids is 1. The zero-order valence-electron chi connectivity index (χ0n) is 12.5. The van der Waals surface area contributed by atoms with Gasteiger partial charge in [0.2, 0.25) is 0 Å². The van der Waals surface area contributed by atoms with Crippen molar-refractivity contribution < 1.29 is 9.53 Å². The number of para-hydroxylation sites is 2. The second-order valence-corrected chi connectivity index (χ2v) is 5.32. The summed E-state index contributed by atoms with van der Waals surface area (Å²) < 4.78 is 5.33. The molecule has 3 aromatic rings. The van der Waals surface area contributed by atoms with E-state index in [1.807, 2.05) is 50.2 Å². The number of aryl methyl sites for hydroxylation is 2. The molecule has 0 saturated heterocycles. The number of benzene rings is 2. The first-order valence-corrected chi connectivity index (χ1v) is 7.08. The van der Waals surface area contributed by atoms with Crippen molar-refractivity contribution in [1.29, 1.82) is 0 Å². The average Bonchev–Trinajstić information content (AvgIpc) is 2.51. The topological polar surface area (TPSA) is 52.1 Å². The number of esters is 1. The number of ether oxygens (including phenoxy) is 1. The minimum absolute atomic E-state index is 0.225. The Hall–Kier alpha value is -2.75. The van der Waals surface area contributed by atoms with Gasteiger partial charge < -0.3 is 4.74 Å². The van der Waals surface area contributed by atoms with E-state index in [-0.39, 0.29) is 12.3 Å². The van der Waals surface area contributed by atoms with Gasteiger partial charge in [0.15, 0.2) is 5.69 Å². The van der Waals surface area contributed by atoms with Crippen molar-refractivity contribution in [3.05, 3.63) is 71.0 Å². The van der Waals surface area contributed by atoms with Gasteiger partial charge in [0.1, 0.15) is 6.61 Å². The summed E-state index contributed by atoms with van der Waals surface area (Å²) in [6, 6.07) is 13.5.